The van der Waals surface area contributed by atoms with Gasteiger partial charge in [-0.25, -0.2) is 0 Å². The second-order valence-corrected chi connectivity index (χ2v) is 4.65. The van der Waals surface area contributed by atoms with E-state index in [2.05, 4.69) is 25.7 Å². The highest BCUT2D eigenvalue weighted by atomic mass is 15.2. The average molecular weight is 197 g/mol. The highest BCUT2D eigenvalue weighted by Crippen LogP contribution is 2.30. The number of likely N-dealkylation sites (tertiary alicyclic amines) is 1. The van der Waals surface area contributed by atoms with Gasteiger partial charge in [-0.2, -0.15) is 0 Å². The Kier molecular flexibility index (Phi) is 5.54. The highest BCUT2D eigenvalue weighted by molar-refractivity contribution is 4.85. The number of nitrogens with zero attached hydrogens (tertiary/aromatic N) is 1. The lowest BCUT2D eigenvalue weighted by molar-refractivity contribution is 0.223. The first-order chi connectivity index (χ1) is 6.83. The van der Waals surface area contributed by atoms with E-state index in [1.807, 2.05) is 0 Å². The molecular formula is C13H27N. The van der Waals surface area contributed by atoms with Crippen LogP contribution in [0, 0.1) is 5.92 Å². The lowest BCUT2D eigenvalue weighted by Crippen LogP contribution is -2.31. The van der Waals surface area contributed by atoms with Crippen LogP contribution in [0.25, 0.3) is 0 Å². The van der Waals surface area contributed by atoms with Crippen molar-refractivity contribution in [3.8, 4) is 0 Å². The standard InChI is InChI=1S/C13H27N/c1-4-7-8-9-12-10-11-14(6-3)13(12)5-2/h12-13H,4-11H2,1-3H3. The Hall–Kier alpha value is -0.0400. The SMILES string of the molecule is CCCCCC1CCN(CC)C1CC. The predicted molar refractivity (Wildman–Crippen MR) is 63.6 cm³/mol. The van der Waals surface area contributed by atoms with Crippen LogP contribution in [0.4, 0.5) is 0 Å². The first-order valence-electron chi connectivity index (χ1n) is 6.57. The number of hydrogen-bond acceptors (Lipinski definition) is 1. The molecule has 1 aliphatic rings. The van der Waals surface area contributed by atoms with Gasteiger partial charge in [0.2, 0.25) is 0 Å². The van der Waals surface area contributed by atoms with Gasteiger partial charge in [0.25, 0.3) is 0 Å². The van der Waals surface area contributed by atoms with Crippen molar-refractivity contribution in [1.29, 1.82) is 0 Å². The molecule has 0 aromatic carbocycles. The molecule has 14 heavy (non-hydrogen) atoms. The van der Waals surface area contributed by atoms with E-state index in [4.69, 9.17) is 0 Å². The van der Waals surface area contributed by atoms with Crippen molar-refractivity contribution in [2.24, 2.45) is 5.92 Å². The molecule has 0 aliphatic carbocycles. The summed E-state index contributed by atoms with van der Waals surface area (Å²) in [6.45, 7) is 9.56. The van der Waals surface area contributed by atoms with Crippen LogP contribution in [-0.4, -0.2) is 24.0 Å². The van der Waals surface area contributed by atoms with Crippen LogP contribution in [0.2, 0.25) is 0 Å². The van der Waals surface area contributed by atoms with E-state index in [-0.39, 0.29) is 0 Å². The van der Waals surface area contributed by atoms with Gasteiger partial charge in [0.05, 0.1) is 0 Å². The molecule has 0 saturated carbocycles. The van der Waals surface area contributed by atoms with Crippen LogP contribution in [0.5, 0.6) is 0 Å². The van der Waals surface area contributed by atoms with E-state index < -0.39 is 0 Å². The molecule has 2 unspecified atom stereocenters. The van der Waals surface area contributed by atoms with Gasteiger partial charge in [0.1, 0.15) is 0 Å². The summed E-state index contributed by atoms with van der Waals surface area (Å²) in [7, 11) is 0. The fraction of sp³-hybridized carbons (Fsp3) is 1.00. The van der Waals surface area contributed by atoms with Crippen molar-refractivity contribution < 1.29 is 0 Å². The maximum Gasteiger partial charge on any atom is 0.0121 e. The largest absolute Gasteiger partial charge is 0.300 e. The molecule has 1 saturated heterocycles. The molecule has 0 spiro atoms. The summed E-state index contributed by atoms with van der Waals surface area (Å²) < 4.78 is 0. The lowest BCUT2D eigenvalue weighted by atomic mass is 9.92. The lowest BCUT2D eigenvalue weighted by Gasteiger charge is -2.25. The van der Waals surface area contributed by atoms with E-state index in [9.17, 15) is 0 Å². The Morgan fingerprint density at radius 3 is 2.50 bits per heavy atom. The van der Waals surface area contributed by atoms with Crippen molar-refractivity contribution in [3.63, 3.8) is 0 Å². The number of rotatable bonds is 6. The zero-order valence-electron chi connectivity index (χ0n) is 10.3. The minimum Gasteiger partial charge on any atom is -0.300 e. The van der Waals surface area contributed by atoms with Crippen molar-refractivity contribution >= 4 is 0 Å². The van der Waals surface area contributed by atoms with E-state index in [0.717, 1.165) is 12.0 Å². The average Bonchev–Trinajstić information content (AvgIpc) is 2.60. The first-order valence-corrected chi connectivity index (χ1v) is 6.57. The molecule has 0 aromatic rings. The van der Waals surface area contributed by atoms with E-state index in [0.29, 0.717) is 0 Å². The number of hydrogen-bond donors (Lipinski definition) is 0. The third-order valence-electron chi connectivity index (χ3n) is 3.80. The highest BCUT2D eigenvalue weighted by Gasteiger charge is 2.30. The molecule has 84 valence electrons. The van der Waals surface area contributed by atoms with E-state index in [1.54, 1.807) is 0 Å². The van der Waals surface area contributed by atoms with Crippen LogP contribution < -0.4 is 0 Å². The van der Waals surface area contributed by atoms with Gasteiger partial charge in [0.15, 0.2) is 0 Å². The third-order valence-corrected chi connectivity index (χ3v) is 3.80. The summed E-state index contributed by atoms with van der Waals surface area (Å²) in [5.74, 6) is 1.01. The molecule has 1 heteroatoms. The summed E-state index contributed by atoms with van der Waals surface area (Å²) in [4.78, 5) is 2.68. The van der Waals surface area contributed by atoms with Crippen molar-refractivity contribution in [2.75, 3.05) is 13.1 Å². The van der Waals surface area contributed by atoms with Crippen molar-refractivity contribution in [1.82, 2.24) is 4.90 Å². The maximum atomic E-state index is 2.68. The molecule has 0 radical (unpaired) electrons. The topological polar surface area (TPSA) is 3.24 Å². The first kappa shape index (κ1) is 12.0. The van der Waals surface area contributed by atoms with E-state index >= 15 is 0 Å². The molecule has 0 bridgehead atoms. The third kappa shape index (κ3) is 2.98. The summed E-state index contributed by atoms with van der Waals surface area (Å²) in [6.07, 6.45) is 8.53. The molecule has 0 N–H and O–H groups in total. The van der Waals surface area contributed by atoms with E-state index in [1.165, 1.54) is 51.6 Å². The second-order valence-electron chi connectivity index (χ2n) is 4.65. The zero-order valence-corrected chi connectivity index (χ0v) is 10.3. The molecule has 0 amide bonds. The Labute approximate surface area is 89.9 Å². The zero-order chi connectivity index (χ0) is 10.4. The van der Waals surface area contributed by atoms with Gasteiger partial charge < -0.3 is 4.90 Å². The summed E-state index contributed by atoms with van der Waals surface area (Å²) in [6, 6.07) is 0.900. The Bertz CT molecular complexity index is 144. The molecule has 0 aromatic heterocycles. The molecule has 2 atom stereocenters. The van der Waals surface area contributed by atoms with Gasteiger partial charge in [-0.05, 0) is 38.3 Å². The Morgan fingerprint density at radius 2 is 1.93 bits per heavy atom. The molecular weight excluding hydrogens is 170 g/mol. The van der Waals surface area contributed by atoms with Crippen molar-refractivity contribution in [2.45, 2.75) is 65.3 Å². The minimum absolute atomic E-state index is 0.900. The second kappa shape index (κ2) is 6.44. The molecule has 1 fully saturated rings. The smallest absolute Gasteiger partial charge is 0.0121 e. The van der Waals surface area contributed by atoms with Gasteiger partial charge in [-0.3, -0.25) is 0 Å². The van der Waals surface area contributed by atoms with Gasteiger partial charge in [-0.15, -0.1) is 0 Å². The molecule has 1 rings (SSSR count). The molecule has 1 aliphatic heterocycles. The van der Waals surface area contributed by atoms with Crippen LogP contribution in [0.15, 0.2) is 0 Å². The fourth-order valence-corrected chi connectivity index (χ4v) is 2.97. The van der Waals surface area contributed by atoms with Gasteiger partial charge in [0, 0.05) is 6.04 Å². The van der Waals surface area contributed by atoms with Crippen LogP contribution in [-0.2, 0) is 0 Å². The van der Waals surface area contributed by atoms with Crippen LogP contribution in [0.3, 0.4) is 0 Å². The van der Waals surface area contributed by atoms with Crippen LogP contribution in [0.1, 0.15) is 59.3 Å². The Morgan fingerprint density at radius 1 is 1.14 bits per heavy atom. The maximum absolute atomic E-state index is 2.68. The summed E-state index contributed by atoms with van der Waals surface area (Å²) >= 11 is 0. The normalized spacial score (nSPS) is 28.5. The quantitative estimate of drug-likeness (QED) is 0.587. The van der Waals surface area contributed by atoms with Gasteiger partial charge >= 0.3 is 0 Å². The van der Waals surface area contributed by atoms with Crippen molar-refractivity contribution in [3.05, 3.63) is 0 Å². The minimum atomic E-state index is 0.900. The van der Waals surface area contributed by atoms with Crippen LogP contribution >= 0.6 is 0 Å². The molecule has 1 heterocycles. The Balaban J connectivity index is 2.30. The monoisotopic (exact) mass is 197 g/mol. The fourth-order valence-electron chi connectivity index (χ4n) is 2.97. The predicted octanol–water partition coefficient (Wildman–Crippen LogP) is 3.69. The van der Waals surface area contributed by atoms with Gasteiger partial charge in [-0.1, -0.05) is 40.0 Å². The molecule has 1 nitrogen and oxygen atoms in total. The number of unbranched alkanes of at least 4 members (excludes halogenated alkanes) is 2. The summed E-state index contributed by atoms with van der Waals surface area (Å²) in [5.41, 5.74) is 0. The summed E-state index contributed by atoms with van der Waals surface area (Å²) in [5, 5.41) is 0.